The first-order valence-corrected chi connectivity index (χ1v) is 10.5. The van der Waals surface area contributed by atoms with Gasteiger partial charge in [-0.2, -0.15) is 0 Å². The van der Waals surface area contributed by atoms with Crippen molar-refractivity contribution in [1.29, 1.82) is 0 Å². The Hall–Kier alpha value is -2.84. The van der Waals surface area contributed by atoms with Gasteiger partial charge in [-0.25, -0.2) is 4.98 Å². The van der Waals surface area contributed by atoms with Crippen molar-refractivity contribution < 1.29 is 14.4 Å². The van der Waals surface area contributed by atoms with Gasteiger partial charge in [0.2, 0.25) is 5.91 Å². The summed E-state index contributed by atoms with van der Waals surface area (Å²) in [5, 5.41) is 5.24. The van der Waals surface area contributed by atoms with Gasteiger partial charge in [0.1, 0.15) is 0 Å². The number of hydrogen-bond donors (Lipinski definition) is 1. The standard InChI is InChI=1S/C20H17N3O3S2/c1-12(24)21-20-22-13(11-27-20)6-7-14-8-9-15(28-14)10-23-18(25)16-4-2-3-5-17(16)19(23)26/h2-5,8-9,11H,6-7,10H2,1H3,(H,21,22,24). The first kappa shape index (κ1) is 18.5. The number of fused-ring (bicyclic) bond motifs is 1. The van der Waals surface area contributed by atoms with E-state index in [1.807, 2.05) is 17.5 Å². The average Bonchev–Trinajstić information content (AvgIpc) is 3.36. The van der Waals surface area contributed by atoms with E-state index in [2.05, 4.69) is 10.3 Å². The quantitative estimate of drug-likeness (QED) is 0.627. The van der Waals surface area contributed by atoms with Crippen molar-refractivity contribution in [3.63, 3.8) is 0 Å². The zero-order valence-electron chi connectivity index (χ0n) is 15.1. The Bertz CT molecular complexity index is 1040. The van der Waals surface area contributed by atoms with Crippen LogP contribution in [0.1, 0.15) is 43.1 Å². The lowest BCUT2D eigenvalue weighted by atomic mass is 10.1. The fraction of sp³-hybridized carbons (Fsp3) is 0.200. The van der Waals surface area contributed by atoms with Gasteiger partial charge in [-0.3, -0.25) is 19.3 Å². The largest absolute Gasteiger partial charge is 0.302 e. The lowest BCUT2D eigenvalue weighted by Gasteiger charge is -2.12. The second-order valence-electron chi connectivity index (χ2n) is 6.44. The van der Waals surface area contributed by atoms with E-state index in [0.29, 0.717) is 22.8 Å². The molecule has 0 radical (unpaired) electrons. The molecule has 0 bridgehead atoms. The van der Waals surface area contributed by atoms with E-state index in [0.717, 1.165) is 23.4 Å². The Morgan fingerprint density at radius 2 is 1.71 bits per heavy atom. The highest BCUT2D eigenvalue weighted by Crippen LogP contribution is 2.27. The van der Waals surface area contributed by atoms with Gasteiger partial charge in [0, 0.05) is 22.1 Å². The van der Waals surface area contributed by atoms with Gasteiger partial charge in [0.05, 0.1) is 23.4 Å². The van der Waals surface area contributed by atoms with E-state index < -0.39 is 0 Å². The molecule has 4 rings (SSSR count). The van der Waals surface area contributed by atoms with Gasteiger partial charge in [0.15, 0.2) is 5.13 Å². The van der Waals surface area contributed by atoms with Gasteiger partial charge >= 0.3 is 0 Å². The number of carbonyl (C=O) groups excluding carboxylic acids is 3. The molecule has 0 saturated heterocycles. The molecular weight excluding hydrogens is 394 g/mol. The average molecular weight is 412 g/mol. The Morgan fingerprint density at radius 3 is 2.39 bits per heavy atom. The van der Waals surface area contributed by atoms with Crippen LogP contribution >= 0.6 is 22.7 Å². The number of amides is 3. The van der Waals surface area contributed by atoms with Crippen LogP contribution in [0.15, 0.2) is 41.8 Å². The number of thiophene rings is 1. The number of rotatable bonds is 6. The summed E-state index contributed by atoms with van der Waals surface area (Å²) in [6.45, 7) is 1.75. The molecule has 0 aliphatic carbocycles. The molecule has 3 aromatic rings. The van der Waals surface area contributed by atoms with Crippen LogP contribution in [0.25, 0.3) is 0 Å². The molecule has 0 fully saturated rings. The topological polar surface area (TPSA) is 79.4 Å². The summed E-state index contributed by atoms with van der Waals surface area (Å²) >= 11 is 3.01. The summed E-state index contributed by atoms with van der Waals surface area (Å²) in [6, 6.07) is 10.9. The molecule has 0 spiro atoms. The number of benzene rings is 1. The van der Waals surface area contributed by atoms with Crippen LogP contribution in [0.4, 0.5) is 5.13 Å². The zero-order chi connectivity index (χ0) is 19.7. The maximum absolute atomic E-state index is 12.5. The Morgan fingerprint density at radius 1 is 1.04 bits per heavy atom. The molecule has 1 N–H and O–H groups in total. The van der Waals surface area contributed by atoms with Crippen LogP contribution < -0.4 is 5.32 Å². The van der Waals surface area contributed by atoms with Gasteiger partial charge in [-0.1, -0.05) is 12.1 Å². The van der Waals surface area contributed by atoms with E-state index in [1.54, 1.807) is 35.6 Å². The number of thiazole rings is 1. The van der Waals surface area contributed by atoms with Crippen LogP contribution in [-0.2, 0) is 24.2 Å². The van der Waals surface area contributed by atoms with Gasteiger partial charge in [-0.15, -0.1) is 22.7 Å². The maximum Gasteiger partial charge on any atom is 0.261 e. The molecule has 142 valence electrons. The smallest absolute Gasteiger partial charge is 0.261 e. The second-order valence-corrected chi connectivity index (χ2v) is 8.55. The minimum atomic E-state index is -0.233. The van der Waals surface area contributed by atoms with E-state index >= 15 is 0 Å². The van der Waals surface area contributed by atoms with Crippen LogP contribution in [0, 0.1) is 0 Å². The van der Waals surface area contributed by atoms with Crippen LogP contribution in [0.2, 0.25) is 0 Å². The highest BCUT2D eigenvalue weighted by atomic mass is 32.1. The molecule has 3 heterocycles. The zero-order valence-corrected chi connectivity index (χ0v) is 16.7. The lowest BCUT2D eigenvalue weighted by molar-refractivity contribution is -0.114. The summed E-state index contributed by atoms with van der Waals surface area (Å²) in [7, 11) is 0. The molecule has 0 unspecified atom stereocenters. The molecular formula is C20H17N3O3S2. The number of anilines is 1. The Kier molecular flexibility index (Phi) is 5.06. The summed E-state index contributed by atoms with van der Waals surface area (Å²) in [6.07, 6.45) is 1.58. The summed E-state index contributed by atoms with van der Waals surface area (Å²) in [5.74, 6) is -0.594. The van der Waals surface area contributed by atoms with Crippen LogP contribution in [0.5, 0.6) is 0 Å². The normalized spacial score (nSPS) is 13.1. The number of hydrogen-bond acceptors (Lipinski definition) is 6. The third-order valence-electron chi connectivity index (χ3n) is 4.37. The van der Waals surface area contributed by atoms with E-state index in [1.165, 1.54) is 28.0 Å². The van der Waals surface area contributed by atoms with Crippen molar-refractivity contribution >= 4 is 45.5 Å². The highest BCUT2D eigenvalue weighted by molar-refractivity contribution is 7.14. The van der Waals surface area contributed by atoms with Crippen LogP contribution in [0.3, 0.4) is 0 Å². The molecule has 3 amide bonds. The minimum Gasteiger partial charge on any atom is -0.302 e. The van der Waals surface area contributed by atoms with Gasteiger partial charge in [0.25, 0.3) is 11.8 Å². The lowest BCUT2D eigenvalue weighted by Crippen LogP contribution is -2.28. The number of nitrogens with one attached hydrogen (secondary N) is 1. The fourth-order valence-electron chi connectivity index (χ4n) is 3.06. The Balaban J connectivity index is 1.37. The highest BCUT2D eigenvalue weighted by Gasteiger charge is 2.35. The molecule has 1 aromatic carbocycles. The minimum absolute atomic E-state index is 0.128. The summed E-state index contributed by atoms with van der Waals surface area (Å²) < 4.78 is 0. The van der Waals surface area contributed by atoms with E-state index in [9.17, 15) is 14.4 Å². The summed E-state index contributed by atoms with van der Waals surface area (Å²) in [5.41, 5.74) is 1.88. The number of imide groups is 1. The fourth-order valence-corrected chi connectivity index (χ4v) is 4.86. The number of aryl methyl sites for hydroxylation is 2. The van der Waals surface area contributed by atoms with Crippen molar-refractivity contribution in [2.75, 3.05) is 5.32 Å². The summed E-state index contributed by atoms with van der Waals surface area (Å²) in [4.78, 5) is 43.9. The van der Waals surface area contributed by atoms with E-state index in [4.69, 9.17) is 0 Å². The molecule has 1 aliphatic heterocycles. The molecule has 1 aliphatic rings. The van der Waals surface area contributed by atoms with Crippen molar-refractivity contribution in [2.24, 2.45) is 0 Å². The number of carbonyl (C=O) groups is 3. The molecule has 2 aromatic heterocycles. The van der Waals surface area contributed by atoms with E-state index in [-0.39, 0.29) is 17.7 Å². The molecule has 8 heteroatoms. The monoisotopic (exact) mass is 411 g/mol. The van der Waals surface area contributed by atoms with Crippen molar-refractivity contribution in [2.45, 2.75) is 26.3 Å². The predicted molar refractivity (Wildman–Crippen MR) is 109 cm³/mol. The number of aromatic nitrogens is 1. The van der Waals surface area contributed by atoms with Crippen molar-refractivity contribution in [3.8, 4) is 0 Å². The second kappa shape index (κ2) is 7.65. The maximum atomic E-state index is 12.5. The van der Waals surface area contributed by atoms with Crippen molar-refractivity contribution in [1.82, 2.24) is 9.88 Å². The molecule has 6 nitrogen and oxygen atoms in total. The van der Waals surface area contributed by atoms with Gasteiger partial charge < -0.3 is 5.32 Å². The molecule has 0 saturated carbocycles. The van der Waals surface area contributed by atoms with Crippen LogP contribution in [-0.4, -0.2) is 27.6 Å². The molecule has 0 atom stereocenters. The molecule has 28 heavy (non-hydrogen) atoms. The Labute approximate surface area is 169 Å². The third kappa shape index (κ3) is 3.74. The van der Waals surface area contributed by atoms with Crippen molar-refractivity contribution in [3.05, 3.63) is 68.4 Å². The predicted octanol–water partition coefficient (Wildman–Crippen LogP) is 3.74. The third-order valence-corrected chi connectivity index (χ3v) is 6.31. The first-order chi connectivity index (χ1) is 13.5. The first-order valence-electron chi connectivity index (χ1n) is 8.76. The SMILES string of the molecule is CC(=O)Nc1nc(CCc2ccc(CN3C(=O)c4ccccc4C3=O)s2)cs1. The number of nitrogens with zero attached hydrogens (tertiary/aromatic N) is 2. The van der Waals surface area contributed by atoms with Gasteiger partial charge in [-0.05, 0) is 37.1 Å².